The van der Waals surface area contributed by atoms with Crippen molar-refractivity contribution in [1.29, 1.82) is 0 Å². The predicted molar refractivity (Wildman–Crippen MR) is 470 cm³/mol. The highest BCUT2D eigenvalue weighted by atomic mass is 35.5. The van der Waals surface area contributed by atoms with Crippen LogP contribution in [0.5, 0.6) is 23.0 Å². The summed E-state index contributed by atoms with van der Waals surface area (Å²) in [6, 6.07) is 39.8. The highest BCUT2D eigenvalue weighted by Crippen LogP contribution is 2.63. The van der Waals surface area contributed by atoms with Gasteiger partial charge in [0.25, 0.3) is 0 Å². The first-order valence-electron chi connectivity index (χ1n) is 41.6. The SMILES string of the molecule is C#CCC1=C(C)C(COC(=O)[C@H]2[C@H](C=C(C)C)C2(C)C)CC1=O.C/C(Cl)=C/[C@@H]1[C@@H](C(=O)OCc2c(F)c(F)cc(F)c2F)C1(C)C.C=CCC1=C(C)C(COC(=O)[C@H]2[C@@H](C=C(C)C)C2(C)C)CC1=C.CC(C)=C[C@@H]1[C@H](C(=O)OCc2ccc(Cc3ccccc3)o2)C1(C)C.CCOc1ccc(C(C)(C)COc2cccc(Oc3ccccc3)c2)cc1. The van der Waals surface area contributed by atoms with Crippen LogP contribution in [0.4, 0.5) is 17.6 Å². The van der Waals surface area contributed by atoms with E-state index < -0.39 is 52.7 Å². The lowest BCUT2D eigenvalue weighted by Gasteiger charge is -2.25. The number of carbonyl (C=O) groups excluding carboxylic acids is 5. The Morgan fingerprint density at radius 3 is 1.48 bits per heavy atom. The fourth-order valence-corrected chi connectivity index (χ4v) is 16.4. The Kier molecular flexibility index (Phi) is 33.1. The number of ether oxygens (including phenoxy) is 7. The first-order chi connectivity index (χ1) is 56.9. The molecule has 121 heavy (non-hydrogen) atoms. The molecule has 0 bridgehead atoms. The highest BCUT2D eigenvalue weighted by Gasteiger charge is 2.64. The number of para-hydroxylation sites is 1. The summed E-state index contributed by atoms with van der Waals surface area (Å²) in [6.07, 6.45) is 18.7. The molecule has 0 N–H and O–H groups in total. The second-order valence-corrected chi connectivity index (χ2v) is 36.9. The van der Waals surface area contributed by atoms with Crippen molar-refractivity contribution in [2.75, 3.05) is 26.4 Å². The molecule has 0 spiro atoms. The minimum absolute atomic E-state index is 0.000985. The molecule has 0 saturated heterocycles. The third-order valence-electron chi connectivity index (χ3n) is 24.1. The number of allylic oxidation sites excluding steroid dienone is 12. The summed E-state index contributed by atoms with van der Waals surface area (Å²) < 4.78 is 98.0. The normalized spacial score (nSPS) is 21.9. The number of benzene rings is 5. The molecule has 5 aromatic carbocycles. The minimum atomic E-state index is -1.57. The molecule has 13 nitrogen and oxygen atoms in total. The van der Waals surface area contributed by atoms with Crippen LogP contribution < -0.4 is 14.2 Å². The zero-order valence-corrected chi connectivity index (χ0v) is 75.0. The smallest absolute Gasteiger partial charge is 0.310 e. The van der Waals surface area contributed by atoms with Crippen LogP contribution in [-0.4, -0.2) is 56.1 Å². The Labute approximate surface area is 720 Å². The van der Waals surface area contributed by atoms with Crippen LogP contribution in [-0.2, 0) is 68.0 Å². The van der Waals surface area contributed by atoms with Gasteiger partial charge in [0, 0.05) is 59.3 Å². The summed E-state index contributed by atoms with van der Waals surface area (Å²) in [5.41, 5.74) is 10.1. The maximum absolute atomic E-state index is 13.5. The van der Waals surface area contributed by atoms with E-state index in [1.165, 1.54) is 39.0 Å². The van der Waals surface area contributed by atoms with Crippen molar-refractivity contribution in [3.63, 3.8) is 0 Å². The number of carbonyl (C=O) groups is 5. The fraction of sp³-hybridized carbons (Fsp3) is 0.447. The standard InChI is InChI=1S/C24H26O3.C22H26O3.C21H30O2.C20H26O3.C16H15ClF4O2/c1-4-25-20-15-13-19(14-16-20)24(2,3)18-26-22-11-8-12-23(17-22)27-21-9-6-5-7-10-21;1-15(2)12-19-20(22(19,3)4)21(23)24-14-18-11-10-17(25-18)13-16-8-6-5-7-9-16;1-8-9-17-14(4)11-16(15(17)5)12-23-20(22)19-18(10-13(2)3)21(19,6)7;1-7-8-15-13(4)14(10-17(15)21)11-23-19(22)18-16(9-12(2)3)20(18,5)6;1-7(17)4-9-12(16(9,2)3)15(22)23-6-8-13(20)10(18)5-11(19)14(8)21/h5-17H,4,18H2,1-3H3;5-12,19-20H,13-14H2,1-4H3;8,10,16,18-19H,1,4,9,11-12H2,2-3,5-7H3;1,9,14,16,18H,8,10-11H2,2-6H3;4-5,9,12H,6H2,1-3H3/b;;;;7-4-/t;19-,20-;16?,18-,19-;14?,16-,18+;9-,12+/m.1101/s1. The molecular formula is C103H123ClF4O13. The predicted octanol–water partition coefficient (Wildman–Crippen LogP) is 25.0. The lowest BCUT2D eigenvalue weighted by Crippen LogP contribution is -2.26. The topological polar surface area (TPSA) is 163 Å². The average molecular weight is 1680 g/mol. The third kappa shape index (κ3) is 25.5. The zero-order chi connectivity index (χ0) is 89.4. The largest absolute Gasteiger partial charge is 0.494 e. The maximum Gasteiger partial charge on any atom is 0.310 e. The van der Waals surface area contributed by atoms with Gasteiger partial charge in [-0.2, -0.15) is 0 Å². The van der Waals surface area contributed by atoms with E-state index in [4.69, 9.17) is 55.6 Å². The van der Waals surface area contributed by atoms with E-state index in [0.29, 0.717) is 49.4 Å². The summed E-state index contributed by atoms with van der Waals surface area (Å²) in [7, 11) is 0. The molecule has 0 radical (unpaired) electrons. The Hall–Kier alpha value is -10.2. The molecule has 2 unspecified atom stereocenters. The van der Waals surface area contributed by atoms with E-state index in [1.54, 1.807) is 13.0 Å². The van der Waals surface area contributed by atoms with E-state index in [2.05, 4.69) is 152 Å². The van der Waals surface area contributed by atoms with Crippen LogP contribution >= 0.6 is 11.6 Å². The van der Waals surface area contributed by atoms with Crippen molar-refractivity contribution in [2.24, 2.45) is 80.8 Å². The lowest BCUT2D eigenvalue weighted by molar-refractivity contribution is -0.148. The van der Waals surface area contributed by atoms with Gasteiger partial charge in [0.05, 0.1) is 55.7 Å². The van der Waals surface area contributed by atoms with Crippen molar-refractivity contribution >= 4 is 41.3 Å². The van der Waals surface area contributed by atoms with Gasteiger partial charge in [0.15, 0.2) is 29.1 Å². The van der Waals surface area contributed by atoms with Gasteiger partial charge in [0.2, 0.25) is 0 Å². The van der Waals surface area contributed by atoms with Crippen molar-refractivity contribution in [3.05, 3.63) is 272 Å². The fourth-order valence-electron chi connectivity index (χ4n) is 16.2. The number of rotatable bonds is 29. The van der Waals surface area contributed by atoms with Crippen LogP contribution in [0.25, 0.3) is 0 Å². The number of ketones is 1. The van der Waals surface area contributed by atoms with Crippen molar-refractivity contribution in [2.45, 2.75) is 189 Å². The van der Waals surface area contributed by atoms with E-state index in [0.717, 1.165) is 64.7 Å². The number of Topliss-reactive ketones (excluding diaryl/α,β-unsaturated/α-hetero) is 1. The number of halogens is 5. The number of furan rings is 1. The monoisotopic (exact) mass is 1680 g/mol. The maximum atomic E-state index is 13.5. The molecule has 1 aromatic heterocycles. The minimum Gasteiger partial charge on any atom is -0.494 e. The van der Waals surface area contributed by atoms with E-state index >= 15 is 0 Å². The third-order valence-corrected chi connectivity index (χ3v) is 24.3. The van der Waals surface area contributed by atoms with Gasteiger partial charge >= 0.3 is 23.9 Å². The van der Waals surface area contributed by atoms with Gasteiger partial charge in [0.1, 0.15) is 47.7 Å². The van der Waals surface area contributed by atoms with Crippen molar-refractivity contribution < 1.29 is 79.1 Å². The number of hydrogen-bond donors (Lipinski definition) is 0. The van der Waals surface area contributed by atoms with Crippen molar-refractivity contribution in [3.8, 4) is 35.3 Å². The van der Waals surface area contributed by atoms with Gasteiger partial charge in [-0.25, -0.2) is 17.6 Å². The van der Waals surface area contributed by atoms with E-state index in [9.17, 15) is 41.5 Å². The molecule has 10 atom stereocenters. The van der Waals surface area contributed by atoms with Crippen molar-refractivity contribution in [1.82, 2.24) is 0 Å². The lowest BCUT2D eigenvalue weighted by atomic mass is 9.85. The molecule has 6 aliphatic carbocycles. The van der Waals surface area contributed by atoms with E-state index in [1.807, 2.05) is 145 Å². The Morgan fingerprint density at radius 1 is 0.554 bits per heavy atom. The Morgan fingerprint density at radius 2 is 1.00 bits per heavy atom. The second-order valence-electron chi connectivity index (χ2n) is 36.3. The highest BCUT2D eigenvalue weighted by molar-refractivity contribution is 6.29. The van der Waals surface area contributed by atoms with Crippen LogP contribution in [0.3, 0.4) is 0 Å². The molecule has 4 saturated carbocycles. The van der Waals surface area contributed by atoms with Gasteiger partial charge in [-0.15, -0.1) is 18.9 Å². The molecule has 0 amide bonds. The molecule has 6 aliphatic rings. The van der Waals surface area contributed by atoms with Crippen LogP contribution in [0.15, 0.2) is 225 Å². The zero-order valence-electron chi connectivity index (χ0n) is 74.3. The summed E-state index contributed by atoms with van der Waals surface area (Å²) >= 11 is 5.79. The molecule has 18 heteroatoms. The molecule has 648 valence electrons. The summed E-state index contributed by atoms with van der Waals surface area (Å²) in [4.78, 5) is 61.2. The second kappa shape index (κ2) is 41.6. The quantitative estimate of drug-likeness (QED) is 0.0109. The van der Waals surface area contributed by atoms with Crippen LogP contribution in [0, 0.1) is 116 Å². The molecular weight excluding hydrogens is 1560 g/mol. The van der Waals surface area contributed by atoms with Gasteiger partial charge < -0.3 is 37.6 Å². The van der Waals surface area contributed by atoms with E-state index in [-0.39, 0.29) is 112 Å². The first kappa shape index (κ1) is 96.3. The Bertz CT molecular complexity index is 4900. The summed E-state index contributed by atoms with van der Waals surface area (Å²) in [5.74, 6) is 0.479. The molecule has 12 rings (SSSR count). The summed E-state index contributed by atoms with van der Waals surface area (Å²) in [6.45, 7) is 50.0. The summed E-state index contributed by atoms with van der Waals surface area (Å²) in [5, 5.41) is 0.516. The Balaban J connectivity index is 0.000000188. The van der Waals surface area contributed by atoms with Gasteiger partial charge in [-0.3, -0.25) is 24.0 Å². The number of esters is 4. The molecule has 1 heterocycles. The van der Waals surface area contributed by atoms with Gasteiger partial charge in [-0.05, 0) is 193 Å². The molecule has 4 fully saturated rings. The molecule has 6 aromatic rings. The van der Waals surface area contributed by atoms with Gasteiger partial charge in [-0.1, -0.05) is 218 Å². The number of terminal acetylenes is 1. The van der Waals surface area contributed by atoms with Crippen LogP contribution in [0.1, 0.15) is 192 Å². The van der Waals surface area contributed by atoms with Crippen LogP contribution in [0.2, 0.25) is 0 Å². The number of hydrogen-bond acceptors (Lipinski definition) is 13. The first-order valence-corrected chi connectivity index (χ1v) is 42.0. The molecule has 0 aliphatic heterocycles. The average Bonchev–Trinajstić information content (AvgIpc) is 1.59.